The van der Waals surface area contributed by atoms with Gasteiger partial charge in [0, 0.05) is 11.6 Å². The molecule has 0 unspecified atom stereocenters. The lowest BCUT2D eigenvalue weighted by Crippen LogP contribution is -2.51. The fourth-order valence-corrected chi connectivity index (χ4v) is 3.24. The fourth-order valence-electron chi connectivity index (χ4n) is 3.04. The molecule has 0 radical (unpaired) electrons. The maximum atomic E-state index is 12.2. The Morgan fingerprint density at radius 2 is 1.71 bits per heavy atom. The molecule has 1 aliphatic carbocycles. The van der Waals surface area contributed by atoms with Gasteiger partial charge in [0.1, 0.15) is 0 Å². The van der Waals surface area contributed by atoms with Crippen molar-refractivity contribution < 1.29 is 4.79 Å². The first-order chi connectivity index (χ1) is 11.3. The molecule has 1 aromatic rings. The molecule has 3 N–H and O–H groups in total. The average Bonchev–Trinajstić information content (AvgIpc) is 2.54. The molecule has 0 saturated heterocycles. The number of carbonyl (C=O) groups is 1. The van der Waals surface area contributed by atoms with E-state index < -0.39 is 0 Å². The lowest BCUT2D eigenvalue weighted by molar-refractivity contribution is 0.0943. The van der Waals surface area contributed by atoms with E-state index in [2.05, 4.69) is 43.9 Å². The molecule has 0 aromatic heterocycles. The van der Waals surface area contributed by atoms with Crippen LogP contribution in [-0.2, 0) is 5.41 Å². The molecule has 1 aromatic carbocycles. The molecule has 4 nitrogen and oxygen atoms in total. The smallest absolute Gasteiger partial charge is 0.269 e. The van der Waals surface area contributed by atoms with Crippen molar-refractivity contribution in [3.8, 4) is 0 Å². The van der Waals surface area contributed by atoms with Gasteiger partial charge in [0.05, 0.1) is 0 Å². The predicted octanol–water partition coefficient (Wildman–Crippen LogP) is 3.67. The van der Waals surface area contributed by atoms with Gasteiger partial charge in [0.2, 0.25) is 0 Å². The van der Waals surface area contributed by atoms with Crippen LogP contribution in [0.2, 0.25) is 0 Å². The van der Waals surface area contributed by atoms with E-state index in [-0.39, 0.29) is 11.3 Å². The van der Waals surface area contributed by atoms with E-state index in [1.54, 1.807) is 0 Å². The highest BCUT2D eigenvalue weighted by Crippen LogP contribution is 2.23. The number of hydrogen-bond donors (Lipinski definition) is 3. The second-order valence-corrected chi connectivity index (χ2v) is 8.16. The van der Waals surface area contributed by atoms with Crippen molar-refractivity contribution in [1.82, 2.24) is 16.2 Å². The second kappa shape index (κ2) is 7.97. The van der Waals surface area contributed by atoms with E-state index in [1.165, 1.54) is 24.8 Å². The van der Waals surface area contributed by atoms with Gasteiger partial charge in [0.25, 0.3) is 5.91 Å². The van der Waals surface area contributed by atoms with Crippen LogP contribution in [0, 0.1) is 5.92 Å². The predicted molar refractivity (Wildman–Crippen MR) is 103 cm³/mol. The van der Waals surface area contributed by atoms with E-state index in [0.29, 0.717) is 22.6 Å². The van der Waals surface area contributed by atoms with Crippen molar-refractivity contribution in [2.45, 2.75) is 64.8 Å². The topological polar surface area (TPSA) is 53.2 Å². The number of benzene rings is 1. The van der Waals surface area contributed by atoms with Gasteiger partial charge < -0.3 is 5.32 Å². The van der Waals surface area contributed by atoms with Crippen molar-refractivity contribution in [3.05, 3.63) is 35.4 Å². The number of hydrogen-bond acceptors (Lipinski definition) is 2. The number of amides is 1. The zero-order valence-corrected chi connectivity index (χ0v) is 15.9. The van der Waals surface area contributed by atoms with Crippen LogP contribution < -0.4 is 16.2 Å². The summed E-state index contributed by atoms with van der Waals surface area (Å²) in [4.78, 5) is 12.2. The van der Waals surface area contributed by atoms with Gasteiger partial charge >= 0.3 is 0 Å². The van der Waals surface area contributed by atoms with Crippen molar-refractivity contribution >= 4 is 23.2 Å². The Morgan fingerprint density at radius 3 is 2.29 bits per heavy atom. The minimum absolute atomic E-state index is 0.0788. The van der Waals surface area contributed by atoms with Crippen LogP contribution in [0.5, 0.6) is 0 Å². The van der Waals surface area contributed by atoms with E-state index >= 15 is 0 Å². The van der Waals surface area contributed by atoms with Gasteiger partial charge in [-0.2, -0.15) is 0 Å². The Labute approximate surface area is 150 Å². The molecule has 2 rings (SSSR count). The number of thiocarbonyl (C=S) groups is 1. The van der Waals surface area contributed by atoms with Gasteiger partial charge in [-0.25, -0.2) is 0 Å². The third-order valence-corrected chi connectivity index (χ3v) is 4.95. The Kier molecular flexibility index (Phi) is 6.21. The minimum atomic E-state index is -0.184. The largest absolute Gasteiger partial charge is 0.358 e. The van der Waals surface area contributed by atoms with Crippen LogP contribution in [0.25, 0.3) is 0 Å². The van der Waals surface area contributed by atoms with E-state index in [9.17, 15) is 4.79 Å². The normalized spacial score (nSPS) is 21.0. The van der Waals surface area contributed by atoms with Crippen molar-refractivity contribution in [2.24, 2.45) is 5.92 Å². The molecule has 1 amide bonds. The second-order valence-electron chi connectivity index (χ2n) is 7.75. The quantitative estimate of drug-likeness (QED) is 0.564. The molecule has 132 valence electrons. The zero-order chi connectivity index (χ0) is 17.7. The monoisotopic (exact) mass is 347 g/mol. The first-order valence-electron chi connectivity index (χ1n) is 8.75. The average molecular weight is 348 g/mol. The number of hydrazine groups is 1. The Morgan fingerprint density at radius 1 is 1.08 bits per heavy atom. The molecule has 1 saturated carbocycles. The van der Waals surface area contributed by atoms with Gasteiger partial charge in [-0.05, 0) is 54.1 Å². The van der Waals surface area contributed by atoms with Crippen LogP contribution in [-0.4, -0.2) is 17.1 Å². The molecule has 0 spiro atoms. The van der Waals surface area contributed by atoms with Crippen LogP contribution in [0.3, 0.4) is 0 Å². The highest BCUT2D eigenvalue weighted by Gasteiger charge is 2.21. The molecular weight excluding hydrogens is 318 g/mol. The van der Waals surface area contributed by atoms with Crippen molar-refractivity contribution in [1.29, 1.82) is 0 Å². The van der Waals surface area contributed by atoms with Crippen LogP contribution >= 0.6 is 12.2 Å². The van der Waals surface area contributed by atoms with Gasteiger partial charge in [0.15, 0.2) is 5.11 Å². The van der Waals surface area contributed by atoms with Crippen LogP contribution in [0.15, 0.2) is 24.3 Å². The molecule has 0 heterocycles. The highest BCUT2D eigenvalue weighted by molar-refractivity contribution is 7.80. The zero-order valence-electron chi connectivity index (χ0n) is 15.1. The Bertz CT molecular complexity index is 577. The summed E-state index contributed by atoms with van der Waals surface area (Å²) in [6.07, 6.45) is 4.88. The van der Waals surface area contributed by atoms with Gasteiger partial charge in [-0.15, -0.1) is 0 Å². The molecule has 5 heteroatoms. The van der Waals surface area contributed by atoms with Gasteiger partial charge in [-0.3, -0.25) is 15.6 Å². The SMILES string of the molecule is C[C@H]1CCCC[C@H]1NC(=S)NNC(=O)c1ccc(C(C)(C)C)cc1. The molecule has 2 atom stereocenters. The molecule has 0 aliphatic heterocycles. The maximum Gasteiger partial charge on any atom is 0.269 e. The standard InChI is InChI=1S/C19H29N3OS/c1-13-7-5-6-8-16(13)20-18(24)22-21-17(23)14-9-11-15(12-10-14)19(2,3)4/h9-13,16H,5-8H2,1-4H3,(H,21,23)(H2,20,22,24)/t13-,16+/m0/s1. The van der Waals surface area contributed by atoms with E-state index in [4.69, 9.17) is 12.2 Å². The summed E-state index contributed by atoms with van der Waals surface area (Å²) in [6, 6.07) is 8.07. The Hall–Kier alpha value is -1.62. The Balaban J connectivity index is 1.83. The summed E-state index contributed by atoms with van der Waals surface area (Å²) in [5, 5.41) is 3.79. The van der Waals surface area contributed by atoms with Crippen LogP contribution in [0.1, 0.15) is 69.3 Å². The summed E-state index contributed by atoms with van der Waals surface area (Å²) >= 11 is 5.29. The summed E-state index contributed by atoms with van der Waals surface area (Å²) in [6.45, 7) is 8.70. The molecule has 1 aliphatic rings. The molecular formula is C19H29N3OS. The van der Waals surface area contributed by atoms with E-state index in [1.807, 2.05) is 24.3 Å². The lowest BCUT2D eigenvalue weighted by atomic mass is 9.86. The molecule has 24 heavy (non-hydrogen) atoms. The summed E-state index contributed by atoms with van der Waals surface area (Å²) < 4.78 is 0. The summed E-state index contributed by atoms with van der Waals surface area (Å²) in [5.41, 5.74) is 7.38. The number of carbonyl (C=O) groups excluding carboxylic acids is 1. The first-order valence-corrected chi connectivity index (χ1v) is 9.15. The van der Waals surface area contributed by atoms with Crippen LogP contribution in [0.4, 0.5) is 0 Å². The summed E-state index contributed by atoms with van der Waals surface area (Å²) in [5.74, 6) is 0.426. The third-order valence-electron chi connectivity index (χ3n) is 4.73. The summed E-state index contributed by atoms with van der Waals surface area (Å²) in [7, 11) is 0. The molecule has 1 fully saturated rings. The fraction of sp³-hybridized carbons (Fsp3) is 0.579. The third kappa shape index (κ3) is 5.20. The lowest BCUT2D eigenvalue weighted by Gasteiger charge is -2.30. The van der Waals surface area contributed by atoms with Crippen molar-refractivity contribution in [3.63, 3.8) is 0 Å². The first kappa shape index (κ1) is 18.7. The number of nitrogens with one attached hydrogen (secondary N) is 3. The maximum absolute atomic E-state index is 12.2. The number of rotatable bonds is 2. The highest BCUT2D eigenvalue weighted by atomic mass is 32.1. The molecule has 0 bridgehead atoms. The van der Waals surface area contributed by atoms with Crippen molar-refractivity contribution in [2.75, 3.05) is 0 Å². The van der Waals surface area contributed by atoms with Gasteiger partial charge in [-0.1, -0.05) is 52.7 Å². The minimum Gasteiger partial charge on any atom is -0.358 e. The van der Waals surface area contributed by atoms with E-state index in [0.717, 1.165) is 6.42 Å².